The lowest BCUT2D eigenvalue weighted by molar-refractivity contribution is 0.0398. The second-order valence-electron chi connectivity index (χ2n) is 1.95. The second-order valence-corrected chi connectivity index (χ2v) is 1.95. The van der Waals surface area contributed by atoms with Gasteiger partial charge < -0.3 is 9.84 Å². The summed E-state index contributed by atoms with van der Waals surface area (Å²) < 4.78 is 5.04. The van der Waals surface area contributed by atoms with Gasteiger partial charge in [0.25, 0.3) is 0 Å². The summed E-state index contributed by atoms with van der Waals surface area (Å²) in [6.07, 6.45) is 0.328. The van der Waals surface area contributed by atoms with E-state index < -0.39 is 6.35 Å². The van der Waals surface area contributed by atoms with Crippen LogP contribution in [0.25, 0.3) is 0 Å². The first kappa shape index (κ1) is 9.84. The molecule has 0 aliphatic heterocycles. The van der Waals surface area contributed by atoms with Gasteiger partial charge in [0, 0.05) is 6.61 Å². The minimum absolute atomic E-state index is 0.385. The molecule has 1 unspecified atom stereocenters. The van der Waals surface area contributed by atoms with Crippen molar-refractivity contribution in [3.8, 4) is 0 Å². The minimum Gasteiger partial charge on any atom is -0.366 e. The average Bonchev–Trinajstić information content (AvgIpc) is 1.98. The number of ether oxygens (including phenoxy) is 1. The molecule has 0 rings (SSSR count). The van der Waals surface area contributed by atoms with Crippen molar-refractivity contribution < 1.29 is 9.84 Å². The first-order chi connectivity index (χ1) is 4.81. The van der Waals surface area contributed by atoms with Gasteiger partial charge >= 0.3 is 0 Å². The highest BCUT2D eigenvalue weighted by Gasteiger charge is 1.94. The van der Waals surface area contributed by atoms with Crippen LogP contribution >= 0.6 is 0 Å². The van der Waals surface area contributed by atoms with Crippen LogP contribution in [0.1, 0.15) is 13.3 Å². The number of aliphatic hydroxyl groups is 1. The standard InChI is InChI=1S/C6H16N2O2/c1-3-4-10-5-8-6(9)7-2/h6-9H,3-5H2,1-2H3. The van der Waals surface area contributed by atoms with Crippen molar-refractivity contribution in [1.29, 1.82) is 0 Å². The van der Waals surface area contributed by atoms with Crippen molar-refractivity contribution in [2.24, 2.45) is 0 Å². The Kier molecular flexibility index (Phi) is 6.84. The Morgan fingerprint density at radius 1 is 1.60 bits per heavy atom. The zero-order valence-corrected chi connectivity index (χ0v) is 6.55. The van der Waals surface area contributed by atoms with Crippen molar-refractivity contribution in [2.45, 2.75) is 19.7 Å². The van der Waals surface area contributed by atoms with E-state index in [0.29, 0.717) is 6.73 Å². The lowest BCUT2D eigenvalue weighted by Gasteiger charge is -2.10. The molecule has 1 atom stereocenters. The predicted octanol–water partition coefficient (Wildman–Crippen LogP) is -0.545. The van der Waals surface area contributed by atoms with Gasteiger partial charge in [-0.25, -0.2) is 0 Å². The zero-order valence-electron chi connectivity index (χ0n) is 6.55. The summed E-state index contributed by atoms with van der Waals surface area (Å²) in [6, 6.07) is 0. The van der Waals surface area contributed by atoms with Gasteiger partial charge in [-0.2, -0.15) is 0 Å². The maximum atomic E-state index is 8.86. The van der Waals surface area contributed by atoms with Gasteiger partial charge in [0.15, 0.2) is 6.35 Å². The number of hydrogen-bond donors (Lipinski definition) is 3. The molecule has 0 radical (unpaired) electrons. The fourth-order valence-electron chi connectivity index (χ4n) is 0.456. The van der Waals surface area contributed by atoms with Crippen molar-refractivity contribution >= 4 is 0 Å². The molecule has 4 heteroatoms. The Labute approximate surface area is 61.6 Å². The summed E-state index contributed by atoms with van der Waals surface area (Å²) in [5, 5.41) is 14.2. The van der Waals surface area contributed by atoms with Crippen LogP contribution in [0.3, 0.4) is 0 Å². The molecule has 10 heavy (non-hydrogen) atoms. The van der Waals surface area contributed by atoms with Gasteiger partial charge in [0.05, 0.1) is 6.73 Å². The van der Waals surface area contributed by atoms with Crippen LogP contribution in [-0.4, -0.2) is 31.8 Å². The van der Waals surface area contributed by atoms with Gasteiger partial charge in [0.1, 0.15) is 0 Å². The van der Waals surface area contributed by atoms with Gasteiger partial charge in [-0.05, 0) is 13.5 Å². The maximum Gasteiger partial charge on any atom is 0.161 e. The Balaban J connectivity index is 2.89. The Morgan fingerprint density at radius 2 is 2.30 bits per heavy atom. The molecule has 3 N–H and O–H groups in total. The number of rotatable bonds is 6. The lowest BCUT2D eigenvalue weighted by atomic mass is 10.5. The summed E-state index contributed by atoms with van der Waals surface area (Å²) in [7, 11) is 1.66. The Hall–Kier alpha value is -0.160. The molecule has 0 saturated heterocycles. The minimum atomic E-state index is -0.670. The third kappa shape index (κ3) is 5.97. The van der Waals surface area contributed by atoms with Crippen molar-refractivity contribution in [3.63, 3.8) is 0 Å². The highest BCUT2D eigenvalue weighted by Crippen LogP contribution is 1.77. The monoisotopic (exact) mass is 148 g/mol. The summed E-state index contributed by atoms with van der Waals surface area (Å²) in [5.74, 6) is 0. The summed E-state index contributed by atoms with van der Waals surface area (Å²) in [5.41, 5.74) is 0. The molecule has 0 aliphatic rings. The highest BCUT2D eigenvalue weighted by atomic mass is 16.5. The van der Waals surface area contributed by atoms with E-state index in [1.54, 1.807) is 7.05 Å². The molecule has 0 amide bonds. The van der Waals surface area contributed by atoms with Crippen LogP contribution < -0.4 is 10.6 Å². The van der Waals surface area contributed by atoms with E-state index in [4.69, 9.17) is 9.84 Å². The largest absolute Gasteiger partial charge is 0.366 e. The fraction of sp³-hybridized carbons (Fsp3) is 1.00. The third-order valence-corrected chi connectivity index (χ3v) is 1.00. The van der Waals surface area contributed by atoms with E-state index in [0.717, 1.165) is 13.0 Å². The van der Waals surface area contributed by atoms with Gasteiger partial charge in [-0.3, -0.25) is 10.6 Å². The topological polar surface area (TPSA) is 53.5 Å². The first-order valence-corrected chi connectivity index (χ1v) is 3.47. The van der Waals surface area contributed by atoms with Crippen molar-refractivity contribution in [1.82, 2.24) is 10.6 Å². The smallest absolute Gasteiger partial charge is 0.161 e. The summed E-state index contributed by atoms with van der Waals surface area (Å²) >= 11 is 0. The predicted molar refractivity (Wildman–Crippen MR) is 39.3 cm³/mol. The van der Waals surface area contributed by atoms with Crippen LogP contribution in [-0.2, 0) is 4.74 Å². The van der Waals surface area contributed by atoms with Crippen LogP contribution in [0.5, 0.6) is 0 Å². The Morgan fingerprint density at radius 3 is 2.80 bits per heavy atom. The fourth-order valence-corrected chi connectivity index (χ4v) is 0.456. The molecule has 0 saturated carbocycles. The van der Waals surface area contributed by atoms with Crippen LogP contribution in [0.4, 0.5) is 0 Å². The van der Waals surface area contributed by atoms with E-state index in [-0.39, 0.29) is 0 Å². The van der Waals surface area contributed by atoms with Gasteiger partial charge in [-0.15, -0.1) is 0 Å². The molecule has 0 aromatic heterocycles. The van der Waals surface area contributed by atoms with E-state index >= 15 is 0 Å². The van der Waals surface area contributed by atoms with E-state index in [1.807, 2.05) is 6.92 Å². The molecule has 0 spiro atoms. The zero-order chi connectivity index (χ0) is 7.82. The number of hydrogen-bond acceptors (Lipinski definition) is 4. The lowest BCUT2D eigenvalue weighted by Crippen LogP contribution is -2.40. The van der Waals surface area contributed by atoms with Crippen LogP contribution in [0.2, 0.25) is 0 Å². The Bertz CT molecular complexity index is 70.8. The maximum absolute atomic E-state index is 8.86. The number of aliphatic hydroxyl groups excluding tert-OH is 1. The quantitative estimate of drug-likeness (QED) is 0.349. The first-order valence-electron chi connectivity index (χ1n) is 3.47. The SMILES string of the molecule is CCCOCNC(O)NC. The van der Waals surface area contributed by atoms with Crippen molar-refractivity contribution in [3.05, 3.63) is 0 Å². The number of nitrogens with one attached hydrogen (secondary N) is 2. The average molecular weight is 148 g/mol. The molecule has 0 aromatic rings. The summed E-state index contributed by atoms with van der Waals surface area (Å²) in [4.78, 5) is 0. The molecule has 0 aliphatic carbocycles. The second kappa shape index (κ2) is 6.95. The molecule has 4 nitrogen and oxygen atoms in total. The molecule has 0 heterocycles. The van der Waals surface area contributed by atoms with E-state index in [1.165, 1.54) is 0 Å². The molecule has 0 aromatic carbocycles. The molecule has 62 valence electrons. The normalized spacial score (nSPS) is 13.5. The highest BCUT2D eigenvalue weighted by molar-refractivity contribution is 4.39. The van der Waals surface area contributed by atoms with Gasteiger partial charge in [0.2, 0.25) is 0 Å². The molecule has 0 bridgehead atoms. The van der Waals surface area contributed by atoms with Crippen LogP contribution in [0.15, 0.2) is 0 Å². The van der Waals surface area contributed by atoms with Crippen molar-refractivity contribution in [2.75, 3.05) is 20.4 Å². The molecular weight excluding hydrogens is 132 g/mol. The third-order valence-electron chi connectivity index (χ3n) is 1.00. The van der Waals surface area contributed by atoms with E-state index in [9.17, 15) is 0 Å². The summed E-state index contributed by atoms with van der Waals surface area (Å²) in [6.45, 7) is 3.15. The van der Waals surface area contributed by atoms with Gasteiger partial charge in [-0.1, -0.05) is 6.92 Å². The van der Waals surface area contributed by atoms with E-state index in [2.05, 4.69) is 10.6 Å². The molecular formula is C6H16N2O2. The van der Waals surface area contributed by atoms with Crippen LogP contribution in [0, 0.1) is 0 Å². The molecule has 0 fully saturated rings.